The van der Waals surface area contributed by atoms with Gasteiger partial charge in [0.2, 0.25) is 5.91 Å². The Bertz CT molecular complexity index is 467. The number of amides is 1. The highest BCUT2D eigenvalue weighted by atomic mass is 16.6. The first-order valence-electron chi connectivity index (χ1n) is 5.66. The first-order valence-corrected chi connectivity index (χ1v) is 5.66. The lowest BCUT2D eigenvalue weighted by Gasteiger charge is -2.27. The molecule has 2 bridgehead atoms. The summed E-state index contributed by atoms with van der Waals surface area (Å²) in [5, 5.41) is 2.75. The third-order valence-electron chi connectivity index (χ3n) is 4.27. The summed E-state index contributed by atoms with van der Waals surface area (Å²) in [6, 6.07) is -0.377. The minimum Gasteiger partial charge on any atom is -0.387 e. The van der Waals surface area contributed by atoms with Gasteiger partial charge in [-0.05, 0) is 24.8 Å². The van der Waals surface area contributed by atoms with Crippen molar-refractivity contribution >= 4 is 11.9 Å². The molecule has 1 saturated heterocycles. The van der Waals surface area contributed by atoms with Crippen LogP contribution in [0.5, 0.6) is 0 Å². The standard InChI is InChI=1S/C12H12N2O3/c1-3-9(15)14-10-6-4-7-8(5-6)12(10,13-2)17-11(7)16/h3,6-8,10H,1,4-5H2,(H,14,15). The van der Waals surface area contributed by atoms with Gasteiger partial charge in [-0.1, -0.05) is 6.58 Å². The molecule has 3 rings (SSSR count). The number of esters is 1. The maximum Gasteiger partial charge on any atom is 0.401 e. The number of nitrogens with zero attached hydrogens (tertiary/aromatic N) is 1. The van der Waals surface area contributed by atoms with E-state index in [0.29, 0.717) is 0 Å². The van der Waals surface area contributed by atoms with E-state index in [1.807, 2.05) is 0 Å². The summed E-state index contributed by atoms with van der Waals surface area (Å²) in [6.45, 7) is 10.7. The Balaban J connectivity index is 1.96. The fraction of sp³-hybridized carbons (Fsp3) is 0.583. The molecule has 1 heterocycles. The fourth-order valence-electron chi connectivity index (χ4n) is 3.62. The number of rotatable bonds is 2. The molecule has 1 aliphatic heterocycles. The molecule has 0 aromatic rings. The first kappa shape index (κ1) is 10.3. The van der Waals surface area contributed by atoms with Crippen LogP contribution in [0.2, 0.25) is 0 Å². The second-order valence-electron chi connectivity index (χ2n) is 4.92. The molecule has 3 aliphatic rings. The highest BCUT2D eigenvalue weighted by Gasteiger charge is 2.77. The van der Waals surface area contributed by atoms with Crippen molar-refractivity contribution in [1.29, 1.82) is 0 Å². The topological polar surface area (TPSA) is 59.8 Å². The average molecular weight is 232 g/mol. The third-order valence-corrected chi connectivity index (χ3v) is 4.27. The van der Waals surface area contributed by atoms with Crippen LogP contribution >= 0.6 is 0 Å². The van der Waals surface area contributed by atoms with Crippen molar-refractivity contribution in [3.05, 3.63) is 24.1 Å². The highest BCUT2D eigenvalue weighted by molar-refractivity contribution is 5.87. The Labute approximate surface area is 98.6 Å². The minimum absolute atomic E-state index is 0.0485. The van der Waals surface area contributed by atoms with Crippen molar-refractivity contribution in [1.82, 2.24) is 5.32 Å². The minimum atomic E-state index is -1.15. The predicted octanol–water partition coefficient (Wildman–Crippen LogP) is 0.486. The molecular weight excluding hydrogens is 220 g/mol. The summed E-state index contributed by atoms with van der Waals surface area (Å²) in [5.41, 5.74) is -1.15. The summed E-state index contributed by atoms with van der Waals surface area (Å²) in [6.07, 6.45) is 2.70. The zero-order valence-electron chi connectivity index (χ0n) is 9.18. The van der Waals surface area contributed by atoms with E-state index in [2.05, 4.69) is 16.7 Å². The van der Waals surface area contributed by atoms with E-state index < -0.39 is 5.72 Å². The van der Waals surface area contributed by atoms with Crippen LogP contribution in [0.25, 0.3) is 4.85 Å². The maximum atomic E-state index is 11.7. The molecule has 2 aliphatic carbocycles. The van der Waals surface area contributed by atoms with E-state index in [0.717, 1.165) is 12.8 Å². The van der Waals surface area contributed by atoms with Crippen molar-refractivity contribution in [3.63, 3.8) is 0 Å². The molecule has 0 aromatic heterocycles. The number of carbonyl (C=O) groups is 2. The second kappa shape index (κ2) is 3.10. The molecule has 3 fully saturated rings. The average Bonchev–Trinajstić information content (AvgIpc) is 2.91. The molecule has 0 aromatic carbocycles. The van der Waals surface area contributed by atoms with Gasteiger partial charge in [0.25, 0.3) is 0 Å². The molecule has 5 atom stereocenters. The Morgan fingerprint density at radius 1 is 1.65 bits per heavy atom. The van der Waals surface area contributed by atoms with Crippen molar-refractivity contribution in [2.75, 3.05) is 0 Å². The molecule has 1 amide bonds. The van der Waals surface area contributed by atoms with Crippen LogP contribution in [0.15, 0.2) is 12.7 Å². The summed E-state index contributed by atoms with van der Waals surface area (Å²) in [7, 11) is 0. The predicted molar refractivity (Wildman–Crippen MR) is 57.3 cm³/mol. The Morgan fingerprint density at radius 2 is 2.41 bits per heavy atom. The number of fused-ring (bicyclic) bond motifs is 1. The van der Waals surface area contributed by atoms with Gasteiger partial charge < -0.3 is 10.1 Å². The summed E-state index contributed by atoms with van der Waals surface area (Å²) >= 11 is 0. The van der Waals surface area contributed by atoms with Gasteiger partial charge in [-0.3, -0.25) is 14.4 Å². The summed E-state index contributed by atoms with van der Waals surface area (Å²) < 4.78 is 5.29. The van der Waals surface area contributed by atoms with Crippen molar-refractivity contribution in [3.8, 4) is 0 Å². The molecule has 88 valence electrons. The number of carbonyl (C=O) groups excluding carboxylic acids is 2. The number of hydrogen-bond donors (Lipinski definition) is 1. The fourth-order valence-corrected chi connectivity index (χ4v) is 3.62. The maximum absolute atomic E-state index is 11.7. The zero-order valence-corrected chi connectivity index (χ0v) is 9.18. The Kier molecular flexibility index (Phi) is 1.88. The Hall–Kier alpha value is -1.83. The molecule has 1 N–H and O–H groups in total. The van der Waals surface area contributed by atoms with Gasteiger partial charge in [0.15, 0.2) is 6.04 Å². The van der Waals surface area contributed by atoms with Gasteiger partial charge in [0.1, 0.15) is 0 Å². The van der Waals surface area contributed by atoms with Gasteiger partial charge in [0.05, 0.1) is 11.8 Å². The van der Waals surface area contributed by atoms with E-state index in [9.17, 15) is 9.59 Å². The molecular formula is C12H12N2O3. The van der Waals surface area contributed by atoms with Crippen LogP contribution < -0.4 is 5.32 Å². The van der Waals surface area contributed by atoms with Gasteiger partial charge in [-0.25, -0.2) is 6.57 Å². The smallest absolute Gasteiger partial charge is 0.387 e. The normalized spacial score (nSPS) is 45.2. The van der Waals surface area contributed by atoms with Gasteiger partial charge in [0, 0.05) is 0 Å². The van der Waals surface area contributed by atoms with Crippen LogP contribution in [0.4, 0.5) is 0 Å². The molecule has 2 saturated carbocycles. The second-order valence-corrected chi connectivity index (χ2v) is 4.92. The van der Waals surface area contributed by atoms with Crippen LogP contribution in [-0.2, 0) is 14.3 Å². The summed E-state index contributed by atoms with van der Waals surface area (Å²) in [5.74, 6) is -0.595. The quantitative estimate of drug-likeness (QED) is 0.428. The van der Waals surface area contributed by atoms with E-state index in [4.69, 9.17) is 11.3 Å². The zero-order chi connectivity index (χ0) is 12.2. The van der Waals surface area contributed by atoms with E-state index >= 15 is 0 Å². The van der Waals surface area contributed by atoms with Gasteiger partial charge >= 0.3 is 11.7 Å². The van der Waals surface area contributed by atoms with Crippen molar-refractivity contribution < 1.29 is 14.3 Å². The lowest BCUT2D eigenvalue weighted by Crippen LogP contribution is -2.53. The number of nitrogens with one attached hydrogen (secondary N) is 1. The Morgan fingerprint density at radius 3 is 3.06 bits per heavy atom. The number of hydrogen-bond acceptors (Lipinski definition) is 3. The van der Waals surface area contributed by atoms with Gasteiger partial charge in [-0.15, -0.1) is 0 Å². The van der Waals surface area contributed by atoms with Crippen LogP contribution in [0, 0.1) is 24.3 Å². The monoisotopic (exact) mass is 232 g/mol. The van der Waals surface area contributed by atoms with Crippen LogP contribution in [-0.4, -0.2) is 23.6 Å². The van der Waals surface area contributed by atoms with Crippen molar-refractivity contribution in [2.45, 2.75) is 24.6 Å². The first-order chi connectivity index (χ1) is 8.12. The van der Waals surface area contributed by atoms with Gasteiger partial charge in [-0.2, -0.15) is 0 Å². The lowest BCUT2D eigenvalue weighted by atomic mass is 9.82. The number of ether oxygens (including phenoxy) is 1. The van der Waals surface area contributed by atoms with Crippen molar-refractivity contribution in [2.24, 2.45) is 17.8 Å². The summed E-state index contributed by atoms with van der Waals surface area (Å²) in [4.78, 5) is 26.6. The highest BCUT2D eigenvalue weighted by Crippen LogP contribution is 2.60. The molecule has 0 spiro atoms. The van der Waals surface area contributed by atoms with Crippen LogP contribution in [0.3, 0.4) is 0 Å². The molecule has 5 heteroatoms. The molecule has 5 unspecified atom stereocenters. The molecule has 5 nitrogen and oxygen atoms in total. The van der Waals surface area contributed by atoms with Crippen LogP contribution in [0.1, 0.15) is 12.8 Å². The van der Waals surface area contributed by atoms with E-state index in [1.54, 1.807) is 0 Å². The molecule has 17 heavy (non-hydrogen) atoms. The van der Waals surface area contributed by atoms with E-state index in [-0.39, 0.29) is 35.7 Å². The van der Waals surface area contributed by atoms with E-state index in [1.165, 1.54) is 6.08 Å². The lowest BCUT2D eigenvalue weighted by molar-refractivity contribution is -0.148. The largest absolute Gasteiger partial charge is 0.401 e. The third kappa shape index (κ3) is 1.08. The SMILES string of the molecule is [C-]#[N+]C12OC(=O)C3CC(CC31)C2NC(=O)C=C. The molecule has 0 radical (unpaired) electrons.